The quantitative estimate of drug-likeness (QED) is 0.880. The average Bonchev–Trinajstić information content (AvgIpc) is 2.64. The second-order valence-corrected chi connectivity index (χ2v) is 5.20. The molecule has 0 aliphatic heterocycles. The molecule has 1 aromatic carbocycles. The minimum atomic E-state index is 0.188. The first kappa shape index (κ1) is 11.6. The maximum atomic E-state index is 5.79. The van der Waals surface area contributed by atoms with Crippen molar-refractivity contribution in [2.45, 2.75) is 19.4 Å². The SMILES string of the molecule is CC(N)Cc1cccc(-n2cc(I)cn2)c1. The van der Waals surface area contributed by atoms with Gasteiger partial charge in [-0.15, -0.1) is 0 Å². The normalized spacial score (nSPS) is 12.7. The highest BCUT2D eigenvalue weighted by Gasteiger charge is 2.02. The van der Waals surface area contributed by atoms with Gasteiger partial charge < -0.3 is 5.73 Å². The zero-order chi connectivity index (χ0) is 11.5. The number of hydrogen-bond donors (Lipinski definition) is 1. The van der Waals surface area contributed by atoms with Gasteiger partial charge in [-0.2, -0.15) is 5.10 Å². The molecule has 1 aromatic heterocycles. The number of benzene rings is 1. The predicted molar refractivity (Wildman–Crippen MR) is 73.6 cm³/mol. The highest BCUT2D eigenvalue weighted by atomic mass is 127. The monoisotopic (exact) mass is 327 g/mol. The van der Waals surface area contributed by atoms with Crippen LogP contribution in [0.2, 0.25) is 0 Å². The molecule has 0 fully saturated rings. The Labute approximate surface area is 109 Å². The van der Waals surface area contributed by atoms with Crippen LogP contribution in [0, 0.1) is 3.57 Å². The fraction of sp³-hybridized carbons (Fsp3) is 0.250. The molecular formula is C12H14IN3. The lowest BCUT2D eigenvalue weighted by Crippen LogP contribution is -2.17. The number of halogens is 1. The van der Waals surface area contributed by atoms with E-state index >= 15 is 0 Å². The molecule has 1 unspecified atom stereocenters. The summed E-state index contributed by atoms with van der Waals surface area (Å²) in [5.74, 6) is 0. The van der Waals surface area contributed by atoms with Crippen molar-refractivity contribution in [3.05, 3.63) is 45.8 Å². The zero-order valence-electron chi connectivity index (χ0n) is 9.10. The van der Waals surface area contributed by atoms with Gasteiger partial charge in [-0.1, -0.05) is 12.1 Å². The minimum absolute atomic E-state index is 0.188. The molecule has 84 valence electrons. The smallest absolute Gasteiger partial charge is 0.0648 e. The topological polar surface area (TPSA) is 43.8 Å². The third-order valence-electron chi connectivity index (χ3n) is 2.28. The summed E-state index contributed by atoms with van der Waals surface area (Å²) in [5.41, 5.74) is 8.13. The Morgan fingerprint density at radius 3 is 2.94 bits per heavy atom. The summed E-state index contributed by atoms with van der Waals surface area (Å²) in [6.45, 7) is 2.02. The zero-order valence-corrected chi connectivity index (χ0v) is 11.3. The Morgan fingerprint density at radius 1 is 1.50 bits per heavy atom. The highest BCUT2D eigenvalue weighted by Crippen LogP contribution is 2.12. The van der Waals surface area contributed by atoms with E-state index in [1.165, 1.54) is 5.56 Å². The van der Waals surface area contributed by atoms with Gasteiger partial charge in [0, 0.05) is 12.2 Å². The maximum Gasteiger partial charge on any atom is 0.0648 e. The van der Waals surface area contributed by atoms with Gasteiger partial charge in [0.05, 0.1) is 15.5 Å². The molecule has 0 radical (unpaired) electrons. The lowest BCUT2D eigenvalue weighted by Gasteiger charge is -2.07. The summed E-state index contributed by atoms with van der Waals surface area (Å²) in [4.78, 5) is 0. The maximum absolute atomic E-state index is 5.79. The lowest BCUT2D eigenvalue weighted by atomic mass is 10.1. The number of nitrogens with two attached hydrogens (primary N) is 1. The van der Waals surface area contributed by atoms with Crippen molar-refractivity contribution >= 4 is 22.6 Å². The van der Waals surface area contributed by atoms with Crippen LogP contribution in [0.4, 0.5) is 0 Å². The van der Waals surface area contributed by atoms with Crippen molar-refractivity contribution in [1.82, 2.24) is 9.78 Å². The van der Waals surface area contributed by atoms with Gasteiger partial charge in [0.2, 0.25) is 0 Å². The van der Waals surface area contributed by atoms with E-state index < -0.39 is 0 Å². The average molecular weight is 327 g/mol. The summed E-state index contributed by atoms with van der Waals surface area (Å²) in [5, 5.41) is 4.28. The number of hydrogen-bond acceptors (Lipinski definition) is 2. The summed E-state index contributed by atoms with van der Waals surface area (Å²) in [7, 11) is 0. The van der Waals surface area contributed by atoms with Crippen molar-refractivity contribution in [2.75, 3.05) is 0 Å². The van der Waals surface area contributed by atoms with Crippen molar-refractivity contribution in [3.63, 3.8) is 0 Å². The first-order chi connectivity index (χ1) is 7.65. The van der Waals surface area contributed by atoms with Gasteiger partial charge in [0.25, 0.3) is 0 Å². The van der Waals surface area contributed by atoms with E-state index in [2.05, 4.69) is 39.8 Å². The Bertz CT molecular complexity index is 477. The fourth-order valence-electron chi connectivity index (χ4n) is 1.64. The van der Waals surface area contributed by atoms with E-state index in [1.807, 2.05) is 36.1 Å². The van der Waals surface area contributed by atoms with Gasteiger partial charge in [0.1, 0.15) is 0 Å². The van der Waals surface area contributed by atoms with Gasteiger partial charge >= 0.3 is 0 Å². The molecule has 16 heavy (non-hydrogen) atoms. The third kappa shape index (κ3) is 2.82. The van der Waals surface area contributed by atoms with Crippen LogP contribution < -0.4 is 5.73 Å². The largest absolute Gasteiger partial charge is 0.328 e. The van der Waals surface area contributed by atoms with Crippen LogP contribution in [0.25, 0.3) is 5.69 Å². The molecule has 1 heterocycles. The van der Waals surface area contributed by atoms with Crippen LogP contribution in [-0.4, -0.2) is 15.8 Å². The molecule has 0 spiro atoms. The molecule has 0 aliphatic carbocycles. The fourth-order valence-corrected chi connectivity index (χ4v) is 2.03. The Morgan fingerprint density at radius 2 is 2.31 bits per heavy atom. The molecule has 1 atom stereocenters. The summed E-state index contributed by atoms with van der Waals surface area (Å²) in [6.07, 6.45) is 4.75. The van der Waals surface area contributed by atoms with Crippen LogP contribution in [0.5, 0.6) is 0 Å². The second-order valence-electron chi connectivity index (χ2n) is 3.95. The molecule has 2 N–H and O–H groups in total. The molecule has 2 aromatic rings. The van der Waals surface area contributed by atoms with Gasteiger partial charge in [0.15, 0.2) is 0 Å². The Balaban J connectivity index is 2.28. The summed E-state index contributed by atoms with van der Waals surface area (Å²) >= 11 is 2.25. The van der Waals surface area contributed by atoms with Crippen LogP contribution >= 0.6 is 22.6 Å². The molecule has 0 bridgehead atoms. The van der Waals surface area contributed by atoms with Crippen LogP contribution in [-0.2, 0) is 6.42 Å². The molecule has 4 heteroatoms. The highest BCUT2D eigenvalue weighted by molar-refractivity contribution is 14.1. The standard InChI is InChI=1S/C12H14IN3/c1-9(14)5-10-3-2-4-12(6-10)16-8-11(13)7-15-16/h2-4,6-9H,5,14H2,1H3. The number of rotatable bonds is 3. The van der Waals surface area contributed by atoms with Gasteiger partial charge in [-0.25, -0.2) is 4.68 Å². The van der Waals surface area contributed by atoms with Crippen LogP contribution in [0.15, 0.2) is 36.7 Å². The van der Waals surface area contributed by atoms with E-state index in [9.17, 15) is 0 Å². The van der Waals surface area contributed by atoms with Crippen molar-refractivity contribution in [1.29, 1.82) is 0 Å². The molecule has 0 saturated carbocycles. The lowest BCUT2D eigenvalue weighted by molar-refractivity contribution is 0.736. The Hall–Kier alpha value is -0.880. The first-order valence-electron chi connectivity index (χ1n) is 5.20. The molecule has 0 aliphatic rings. The van der Waals surface area contributed by atoms with E-state index in [1.54, 1.807) is 0 Å². The number of nitrogens with zero attached hydrogens (tertiary/aromatic N) is 2. The van der Waals surface area contributed by atoms with Crippen molar-refractivity contribution < 1.29 is 0 Å². The summed E-state index contributed by atoms with van der Waals surface area (Å²) < 4.78 is 3.02. The van der Waals surface area contributed by atoms with E-state index in [4.69, 9.17) is 5.73 Å². The third-order valence-corrected chi connectivity index (χ3v) is 2.84. The van der Waals surface area contributed by atoms with E-state index in [0.717, 1.165) is 15.7 Å². The van der Waals surface area contributed by atoms with E-state index in [-0.39, 0.29) is 6.04 Å². The van der Waals surface area contributed by atoms with Crippen LogP contribution in [0.3, 0.4) is 0 Å². The molecule has 2 rings (SSSR count). The number of aromatic nitrogens is 2. The second kappa shape index (κ2) is 4.97. The van der Waals surface area contributed by atoms with Crippen molar-refractivity contribution in [2.24, 2.45) is 5.73 Å². The van der Waals surface area contributed by atoms with E-state index in [0.29, 0.717) is 0 Å². The molecule has 0 amide bonds. The van der Waals surface area contributed by atoms with Gasteiger partial charge in [-0.05, 0) is 53.6 Å². The molecular weight excluding hydrogens is 313 g/mol. The van der Waals surface area contributed by atoms with Crippen LogP contribution in [0.1, 0.15) is 12.5 Å². The Kier molecular flexibility index (Phi) is 3.60. The van der Waals surface area contributed by atoms with Crippen molar-refractivity contribution in [3.8, 4) is 5.69 Å². The first-order valence-corrected chi connectivity index (χ1v) is 6.28. The molecule has 0 saturated heterocycles. The summed E-state index contributed by atoms with van der Waals surface area (Å²) in [6, 6.07) is 8.51. The predicted octanol–water partition coefficient (Wildman–Crippen LogP) is 2.37. The van der Waals surface area contributed by atoms with Gasteiger partial charge in [-0.3, -0.25) is 0 Å². The molecule has 3 nitrogen and oxygen atoms in total. The minimum Gasteiger partial charge on any atom is -0.328 e.